The third kappa shape index (κ3) is 4.60. The van der Waals surface area contributed by atoms with Crippen molar-refractivity contribution in [2.75, 3.05) is 0 Å². The van der Waals surface area contributed by atoms with Crippen molar-refractivity contribution in [3.63, 3.8) is 0 Å². The second-order valence-electron chi connectivity index (χ2n) is 15.5. The van der Waals surface area contributed by atoms with Crippen molar-refractivity contribution in [2.45, 2.75) is 104 Å². The summed E-state index contributed by atoms with van der Waals surface area (Å²) in [5, 5.41) is 8.32. The first kappa shape index (κ1) is 28.4. The molecule has 7 rings (SSSR count). The molecule has 11 atom stereocenters. The number of rotatable bonds is 7. The molecule has 3 nitrogen and oxygen atoms in total. The summed E-state index contributed by atoms with van der Waals surface area (Å²) in [6, 6.07) is 23.4. The molecular formula is C39H53N3. The van der Waals surface area contributed by atoms with Gasteiger partial charge in [-0.2, -0.15) is 0 Å². The lowest BCUT2D eigenvalue weighted by Crippen LogP contribution is -2.59. The van der Waals surface area contributed by atoms with Crippen LogP contribution < -0.4 is 0 Å². The molecule has 0 saturated heterocycles. The molecule has 0 bridgehead atoms. The molecule has 4 fully saturated rings. The molecule has 4 unspecified atom stereocenters. The summed E-state index contributed by atoms with van der Waals surface area (Å²) in [6.07, 6.45) is 15.2. The van der Waals surface area contributed by atoms with Crippen molar-refractivity contribution >= 4 is 0 Å². The van der Waals surface area contributed by atoms with Crippen LogP contribution in [0.3, 0.4) is 0 Å². The molecule has 1 aromatic heterocycles. The zero-order chi connectivity index (χ0) is 28.9. The van der Waals surface area contributed by atoms with E-state index in [0.717, 1.165) is 59.6 Å². The van der Waals surface area contributed by atoms with Crippen molar-refractivity contribution in [1.82, 2.24) is 15.2 Å². The highest BCUT2D eigenvalue weighted by Crippen LogP contribution is 2.73. The zero-order valence-electron chi connectivity index (χ0n) is 26.5. The maximum Gasteiger partial charge on any atom is 0.130 e. The first-order valence-corrected chi connectivity index (χ1v) is 17.4. The second kappa shape index (κ2) is 11.3. The number of nitrogens with zero attached hydrogens (tertiary/aromatic N) is 2. The molecule has 4 saturated carbocycles. The summed E-state index contributed by atoms with van der Waals surface area (Å²) in [6.45, 7) is 10.6. The fourth-order valence-electron chi connectivity index (χ4n) is 12.1. The monoisotopic (exact) mass is 563 g/mol. The number of H-pyrrole nitrogens is 1. The Morgan fingerprint density at radius 3 is 2.21 bits per heavy atom. The van der Waals surface area contributed by atoms with E-state index in [1.165, 1.54) is 57.8 Å². The SMILES string of the molecule is CC[C@H]1[C@@H](c2ccccc2)C2C3CCC([C@H](C)CCc4nnc[nH]4)[C@@]3(C)CCC2[C@@]2(C)CC[C@@H](c3ccccc3)C[C@@H]12. The Hall–Kier alpha value is -2.42. The topological polar surface area (TPSA) is 41.6 Å². The van der Waals surface area contributed by atoms with Gasteiger partial charge in [-0.05, 0) is 127 Å². The van der Waals surface area contributed by atoms with Crippen LogP contribution in [-0.2, 0) is 6.42 Å². The van der Waals surface area contributed by atoms with Crippen molar-refractivity contribution < 1.29 is 0 Å². The number of hydrogen-bond acceptors (Lipinski definition) is 2. The van der Waals surface area contributed by atoms with Gasteiger partial charge in [-0.25, -0.2) is 0 Å². The first-order chi connectivity index (χ1) is 20.4. The summed E-state index contributed by atoms with van der Waals surface area (Å²) in [7, 11) is 0. The standard InChI is InChI=1S/C39H53N3/c1-5-30-34-24-29(27-12-8-6-9-13-27)20-22-39(34,4)33-21-23-38(3)31(26(2)16-19-35-40-25-41-42-35)17-18-32(38)37(33)36(30)28-14-10-7-11-15-28/h6-15,25-26,29-34,36-37H,5,16-24H2,1-4H3,(H,40,41,42)/t26-,29-,30-,31?,32?,33?,34+,36-,37?,38-,39-/m1/s1. The van der Waals surface area contributed by atoms with E-state index in [1.54, 1.807) is 17.5 Å². The summed E-state index contributed by atoms with van der Waals surface area (Å²) in [5.74, 6) is 8.13. The Labute approximate surface area is 254 Å². The number of benzene rings is 2. The number of nitrogens with one attached hydrogen (secondary N) is 1. The molecule has 1 heterocycles. The molecule has 3 heteroatoms. The number of fused-ring (bicyclic) bond motifs is 5. The highest BCUT2D eigenvalue weighted by molar-refractivity contribution is 5.28. The van der Waals surface area contributed by atoms with Gasteiger partial charge in [-0.1, -0.05) is 94.8 Å². The van der Waals surface area contributed by atoms with Crippen molar-refractivity contribution in [3.05, 3.63) is 83.9 Å². The second-order valence-corrected chi connectivity index (χ2v) is 15.5. The van der Waals surface area contributed by atoms with E-state index in [2.05, 4.69) is 104 Å². The van der Waals surface area contributed by atoms with Gasteiger partial charge in [0.2, 0.25) is 0 Å². The molecule has 42 heavy (non-hydrogen) atoms. The van der Waals surface area contributed by atoms with E-state index < -0.39 is 0 Å². The fraction of sp³-hybridized carbons (Fsp3) is 0.641. The first-order valence-electron chi connectivity index (χ1n) is 17.4. The minimum Gasteiger partial charge on any atom is -0.332 e. The zero-order valence-corrected chi connectivity index (χ0v) is 26.5. The van der Waals surface area contributed by atoms with Crippen LogP contribution in [-0.4, -0.2) is 15.2 Å². The molecular weight excluding hydrogens is 510 g/mol. The minimum absolute atomic E-state index is 0.456. The van der Waals surface area contributed by atoms with Gasteiger partial charge in [0.1, 0.15) is 12.2 Å². The van der Waals surface area contributed by atoms with Crippen LogP contribution in [0.25, 0.3) is 0 Å². The highest BCUT2D eigenvalue weighted by Gasteiger charge is 2.65. The van der Waals surface area contributed by atoms with Gasteiger partial charge >= 0.3 is 0 Å². The highest BCUT2D eigenvalue weighted by atomic mass is 15.2. The Kier molecular flexibility index (Phi) is 7.60. The smallest absolute Gasteiger partial charge is 0.130 e. The van der Waals surface area contributed by atoms with Crippen molar-refractivity contribution in [2.24, 2.45) is 52.3 Å². The molecule has 0 amide bonds. The van der Waals surface area contributed by atoms with Crippen LogP contribution in [0.15, 0.2) is 67.0 Å². The van der Waals surface area contributed by atoms with Gasteiger partial charge in [0.25, 0.3) is 0 Å². The predicted octanol–water partition coefficient (Wildman–Crippen LogP) is 9.85. The molecule has 0 aliphatic heterocycles. The molecule has 4 aliphatic carbocycles. The largest absolute Gasteiger partial charge is 0.332 e. The van der Waals surface area contributed by atoms with Crippen molar-refractivity contribution in [1.29, 1.82) is 0 Å². The van der Waals surface area contributed by atoms with Gasteiger partial charge in [0, 0.05) is 6.42 Å². The average molecular weight is 564 g/mol. The summed E-state index contributed by atoms with van der Waals surface area (Å²) >= 11 is 0. The minimum atomic E-state index is 0.456. The van der Waals surface area contributed by atoms with E-state index in [1.807, 2.05) is 0 Å². The number of aromatic amines is 1. The predicted molar refractivity (Wildman–Crippen MR) is 172 cm³/mol. The lowest BCUT2D eigenvalue weighted by molar-refractivity contribution is -0.153. The maximum atomic E-state index is 4.29. The maximum absolute atomic E-state index is 4.29. The van der Waals surface area contributed by atoms with Crippen LogP contribution >= 0.6 is 0 Å². The van der Waals surface area contributed by atoms with Crippen LogP contribution in [0.1, 0.15) is 114 Å². The van der Waals surface area contributed by atoms with E-state index in [0.29, 0.717) is 16.7 Å². The summed E-state index contributed by atoms with van der Waals surface area (Å²) < 4.78 is 0. The van der Waals surface area contributed by atoms with E-state index in [-0.39, 0.29) is 0 Å². The van der Waals surface area contributed by atoms with E-state index >= 15 is 0 Å². The third-order valence-corrected chi connectivity index (χ3v) is 14.0. The van der Waals surface area contributed by atoms with Crippen LogP contribution in [0.4, 0.5) is 0 Å². The van der Waals surface area contributed by atoms with Gasteiger partial charge in [-0.15, -0.1) is 10.2 Å². The average Bonchev–Trinajstić information content (AvgIpc) is 3.67. The quantitative estimate of drug-likeness (QED) is 0.311. The summed E-state index contributed by atoms with van der Waals surface area (Å²) in [4.78, 5) is 3.24. The molecule has 224 valence electrons. The Balaban J connectivity index is 1.23. The Morgan fingerprint density at radius 2 is 1.52 bits per heavy atom. The van der Waals surface area contributed by atoms with E-state index in [9.17, 15) is 0 Å². The van der Waals surface area contributed by atoms with Gasteiger partial charge < -0.3 is 4.98 Å². The van der Waals surface area contributed by atoms with Crippen molar-refractivity contribution in [3.8, 4) is 0 Å². The molecule has 2 aromatic carbocycles. The molecule has 0 spiro atoms. The van der Waals surface area contributed by atoms with Crippen LogP contribution in [0.2, 0.25) is 0 Å². The summed E-state index contributed by atoms with van der Waals surface area (Å²) in [5.41, 5.74) is 4.16. The molecule has 4 aliphatic rings. The Morgan fingerprint density at radius 1 is 0.833 bits per heavy atom. The van der Waals surface area contributed by atoms with Gasteiger partial charge in [0.05, 0.1) is 0 Å². The number of hydrogen-bond donors (Lipinski definition) is 1. The van der Waals surface area contributed by atoms with Crippen LogP contribution in [0.5, 0.6) is 0 Å². The van der Waals surface area contributed by atoms with Gasteiger partial charge in [-0.3, -0.25) is 0 Å². The number of aromatic nitrogens is 3. The lowest BCUT2D eigenvalue weighted by Gasteiger charge is -2.66. The lowest BCUT2D eigenvalue weighted by atomic mass is 9.38. The molecule has 1 N–H and O–H groups in total. The Bertz CT molecular complexity index is 1300. The fourth-order valence-corrected chi connectivity index (χ4v) is 12.1. The van der Waals surface area contributed by atoms with E-state index in [4.69, 9.17) is 0 Å². The third-order valence-electron chi connectivity index (χ3n) is 14.0. The van der Waals surface area contributed by atoms with Crippen LogP contribution in [0, 0.1) is 52.3 Å². The normalized spacial score (nSPS) is 40.1. The molecule has 0 radical (unpaired) electrons. The molecule has 3 aromatic rings. The number of aryl methyl sites for hydroxylation is 1. The van der Waals surface area contributed by atoms with Gasteiger partial charge in [0.15, 0.2) is 0 Å².